The molecule has 0 unspecified atom stereocenters. The highest BCUT2D eigenvalue weighted by Crippen LogP contribution is 2.21. The van der Waals surface area contributed by atoms with Crippen molar-refractivity contribution in [1.82, 2.24) is 10.2 Å². The van der Waals surface area contributed by atoms with Crippen LogP contribution in [0.1, 0.15) is 24.2 Å². The predicted molar refractivity (Wildman–Crippen MR) is 68.3 cm³/mol. The van der Waals surface area contributed by atoms with Gasteiger partial charge in [0.15, 0.2) is 0 Å². The lowest BCUT2D eigenvalue weighted by atomic mass is 10.1. The molecule has 0 saturated heterocycles. The lowest BCUT2D eigenvalue weighted by Gasteiger charge is -2.18. The lowest BCUT2D eigenvalue weighted by Crippen LogP contribution is -2.41. The highest BCUT2D eigenvalue weighted by atomic mass is 19.1. The maximum absolute atomic E-state index is 13.5. The third-order valence-corrected chi connectivity index (χ3v) is 2.38. The van der Waals surface area contributed by atoms with E-state index >= 15 is 0 Å². The minimum absolute atomic E-state index is 0.0436. The van der Waals surface area contributed by atoms with Crippen molar-refractivity contribution in [3.05, 3.63) is 29.6 Å². The SMILES string of the molecule is CC(C)NC(=O)CN(C)C(=O)c1c(O)cccc1F. The molecule has 0 heterocycles. The van der Waals surface area contributed by atoms with E-state index in [-0.39, 0.29) is 18.5 Å². The Hall–Kier alpha value is -2.11. The normalized spacial score (nSPS) is 10.4. The second-order valence-electron chi connectivity index (χ2n) is 4.52. The summed E-state index contributed by atoms with van der Waals surface area (Å²) in [4.78, 5) is 24.5. The maximum atomic E-state index is 13.5. The van der Waals surface area contributed by atoms with E-state index in [0.29, 0.717) is 0 Å². The van der Waals surface area contributed by atoms with Crippen LogP contribution in [-0.2, 0) is 4.79 Å². The third-order valence-electron chi connectivity index (χ3n) is 2.38. The molecule has 104 valence electrons. The predicted octanol–water partition coefficient (Wildman–Crippen LogP) is 1.13. The molecule has 19 heavy (non-hydrogen) atoms. The van der Waals surface area contributed by atoms with Gasteiger partial charge in [-0.15, -0.1) is 0 Å². The average molecular weight is 268 g/mol. The highest BCUT2D eigenvalue weighted by molar-refractivity contribution is 5.98. The van der Waals surface area contributed by atoms with Crippen LogP contribution in [0.2, 0.25) is 0 Å². The van der Waals surface area contributed by atoms with Crippen LogP contribution in [0.15, 0.2) is 18.2 Å². The van der Waals surface area contributed by atoms with E-state index in [0.717, 1.165) is 11.0 Å². The number of rotatable bonds is 4. The summed E-state index contributed by atoms with van der Waals surface area (Å²) < 4.78 is 13.5. The van der Waals surface area contributed by atoms with Gasteiger partial charge < -0.3 is 15.3 Å². The van der Waals surface area contributed by atoms with Crippen LogP contribution >= 0.6 is 0 Å². The average Bonchev–Trinajstić information content (AvgIpc) is 2.26. The molecule has 1 rings (SSSR count). The third kappa shape index (κ3) is 3.94. The molecule has 0 spiro atoms. The molecular formula is C13H17FN2O3. The number of hydrogen-bond donors (Lipinski definition) is 2. The Morgan fingerprint density at radius 1 is 1.42 bits per heavy atom. The fourth-order valence-corrected chi connectivity index (χ4v) is 1.57. The quantitative estimate of drug-likeness (QED) is 0.860. The van der Waals surface area contributed by atoms with Crippen molar-refractivity contribution < 1.29 is 19.1 Å². The summed E-state index contributed by atoms with van der Waals surface area (Å²) in [5.41, 5.74) is -0.428. The second-order valence-corrected chi connectivity index (χ2v) is 4.52. The summed E-state index contributed by atoms with van der Waals surface area (Å²) in [6.45, 7) is 3.38. The Morgan fingerprint density at radius 2 is 2.05 bits per heavy atom. The first-order valence-electron chi connectivity index (χ1n) is 5.85. The van der Waals surface area contributed by atoms with Gasteiger partial charge in [0.1, 0.15) is 17.1 Å². The van der Waals surface area contributed by atoms with Crippen molar-refractivity contribution in [3.63, 3.8) is 0 Å². The fourth-order valence-electron chi connectivity index (χ4n) is 1.57. The van der Waals surface area contributed by atoms with E-state index in [1.54, 1.807) is 13.8 Å². The molecule has 0 radical (unpaired) electrons. The van der Waals surface area contributed by atoms with Gasteiger partial charge in [0.05, 0.1) is 6.54 Å². The standard InChI is InChI=1S/C13H17FN2O3/c1-8(2)15-11(18)7-16(3)13(19)12-9(14)5-4-6-10(12)17/h4-6,8,17H,7H2,1-3H3,(H,15,18). The summed E-state index contributed by atoms with van der Waals surface area (Å²) in [6.07, 6.45) is 0. The lowest BCUT2D eigenvalue weighted by molar-refractivity contribution is -0.122. The number of carbonyl (C=O) groups excluding carboxylic acids is 2. The zero-order valence-corrected chi connectivity index (χ0v) is 11.1. The van der Waals surface area contributed by atoms with Crippen molar-refractivity contribution >= 4 is 11.8 Å². The maximum Gasteiger partial charge on any atom is 0.260 e. The van der Waals surface area contributed by atoms with Crippen LogP contribution < -0.4 is 5.32 Å². The van der Waals surface area contributed by atoms with Crippen molar-refractivity contribution in [1.29, 1.82) is 0 Å². The van der Waals surface area contributed by atoms with E-state index in [1.165, 1.54) is 19.2 Å². The molecule has 1 aromatic rings. The molecule has 0 bridgehead atoms. The van der Waals surface area contributed by atoms with Crippen molar-refractivity contribution in [3.8, 4) is 5.75 Å². The van der Waals surface area contributed by atoms with Crippen LogP contribution in [0, 0.1) is 5.82 Å². The smallest absolute Gasteiger partial charge is 0.260 e. The number of aromatic hydroxyl groups is 1. The van der Waals surface area contributed by atoms with Crippen LogP contribution in [0.3, 0.4) is 0 Å². The Kier molecular flexibility index (Phi) is 4.86. The number of likely N-dealkylation sites (N-methyl/N-ethyl adjacent to an activating group) is 1. The number of hydrogen-bond acceptors (Lipinski definition) is 3. The Balaban J connectivity index is 2.80. The highest BCUT2D eigenvalue weighted by Gasteiger charge is 2.21. The number of benzene rings is 1. The zero-order chi connectivity index (χ0) is 14.6. The number of amides is 2. The second kappa shape index (κ2) is 6.17. The van der Waals surface area contributed by atoms with Gasteiger partial charge in [-0.1, -0.05) is 6.07 Å². The van der Waals surface area contributed by atoms with E-state index in [1.807, 2.05) is 0 Å². The first kappa shape index (κ1) is 14.9. The molecule has 2 amide bonds. The van der Waals surface area contributed by atoms with Gasteiger partial charge >= 0.3 is 0 Å². The molecule has 0 saturated carbocycles. The molecule has 0 fully saturated rings. The number of halogens is 1. The number of nitrogens with one attached hydrogen (secondary N) is 1. The van der Waals surface area contributed by atoms with Gasteiger partial charge in [-0.05, 0) is 26.0 Å². The summed E-state index contributed by atoms with van der Waals surface area (Å²) in [6, 6.07) is 3.55. The Bertz CT molecular complexity index is 469. The van der Waals surface area contributed by atoms with Crippen molar-refractivity contribution in [2.75, 3.05) is 13.6 Å². The molecule has 5 nitrogen and oxygen atoms in total. The van der Waals surface area contributed by atoms with Crippen molar-refractivity contribution in [2.24, 2.45) is 0 Å². The van der Waals surface area contributed by atoms with Gasteiger partial charge in [0, 0.05) is 13.1 Å². The molecule has 0 atom stereocenters. The van der Waals surface area contributed by atoms with Gasteiger partial charge in [-0.25, -0.2) is 4.39 Å². The number of phenolic OH excluding ortho intramolecular Hbond substituents is 1. The fraction of sp³-hybridized carbons (Fsp3) is 0.385. The van der Waals surface area contributed by atoms with E-state index < -0.39 is 23.0 Å². The zero-order valence-electron chi connectivity index (χ0n) is 11.1. The Labute approximate surface area is 111 Å². The van der Waals surface area contributed by atoms with Crippen LogP contribution in [0.4, 0.5) is 4.39 Å². The topological polar surface area (TPSA) is 69.6 Å². The molecule has 6 heteroatoms. The molecule has 0 aliphatic heterocycles. The Morgan fingerprint density at radius 3 is 2.58 bits per heavy atom. The number of nitrogens with zero attached hydrogens (tertiary/aromatic N) is 1. The molecular weight excluding hydrogens is 251 g/mol. The largest absolute Gasteiger partial charge is 0.507 e. The summed E-state index contributed by atoms with van der Waals surface area (Å²) in [5.74, 6) is -2.35. The van der Waals surface area contributed by atoms with Gasteiger partial charge in [-0.2, -0.15) is 0 Å². The van der Waals surface area contributed by atoms with E-state index in [9.17, 15) is 19.1 Å². The monoisotopic (exact) mass is 268 g/mol. The van der Waals surface area contributed by atoms with Gasteiger partial charge in [0.25, 0.3) is 5.91 Å². The summed E-state index contributed by atoms with van der Waals surface area (Å²) in [5, 5.41) is 12.1. The minimum Gasteiger partial charge on any atom is -0.507 e. The summed E-state index contributed by atoms with van der Waals surface area (Å²) >= 11 is 0. The van der Waals surface area contributed by atoms with Crippen molar-refractivity contribution in [2.45, 2.75) is 19.9 Å². The minimum atomic E-state index is -0.818. The molecule has 2 N–H and O–H groups in total. The molecule has 0 aliphatic carbocycles. The first-order valence-corrected chi connectivity index (χ1v) is 5.85. The van der Waals surface area contributed by atoms with Crippen LogP contribution in [0.25, 0.3) is 0 Å². The first-order chi connectivity index (χ1) is 8.82. The number of phenols is 1. The number of carbonyl (C=O) groups is 2. The van der Waals surface area contributed by atoms with E-state index in [4.69, 9.17) is 0 Å². The molecule has 1 aromatic carbocycles. The van der Waals surface area contributed by atoms with Gasteiger partial charge in [0.2, 0.25) is 5.91 Å². The summed E-state index contributed by atoms with van der Waals surface area (Å²) in [7, 11) is 1.37. The molecule has 0 aromatic heterocycles. The van der Waals surface area contributed by atoms with E-state index in [2.05, 4.69) is 5.32 Å². The van der Waals surface area contributed by atoms with Crippen LogP contribution in [0.5, 0.6) is 5.75 Å². The molecule has 0 aliphatic rings. The van der Waals surface area contributed by atoms with Crippen LogP contribution in [-0.4, -0.2) is 41.5 Å². The van der Waals surface area contributed by atoms with Gasteiger partial charge in [-0.3, -0.25) is 9.59 Å².